The highest BCUT2D eigenvalue weighted by Crippen LogP contribution is 2.34. The highest BCUT2D eigenvalue weighted by molar-refractivity contribution is 6.04. The van der Waals surface area contributed by atoms with Crippen LogP contribution in [0.5, 0.6) is 0 Å². The lowest BCUT2D eigenvalue weighted by Gasteiger charge is -2.26. The Labute approximate surface area is 183 Å². The fourth-order valence-corrected chi connectivity index (χ4v) is 4.13. The number of benzene rings is 2. The summed E-state index contributed by atoms with van der Waals surface area (Å²) < 4.78 is 1.83. The molecular formula is C23H21N5O4. The van der Waals surface area contributed by atoms with Crippen LogP contribution in [0.25, 0.3) is 0 Å². The molecule has 162 valence electrons. The summed E-state index contributed by atoms with van der Waals surface area (Å²) in [6.45, 7) is 2.13. The summed E-state index contributed by atoms with van der Waals surface area (Å²) in [7, 11) is 1.81. The Morgan fingerprint density at radius 3 is 2.50 bits per heavy atom. The summed E-state index contributed by atoms with van der Waals surface area (Å²) in [4.78, 5) is 39.7. The third-order valence-corrected chi connectivity index (χ3v) is 5.90. The summed E-state index contributed by atoms with van der Waals surface area (Å²) in [5.41, 5.74) is 3.25. The van der Waals surface area contributed by atoms with Crippen LogP contribution in [-0.4, -0.2) is 57.7 Å². The molecule has 3 heterocycles. The SMILES string of the molecule is CN1CCc2cc(N3CCn4nc(NC(=O)c5ccc(C(=O)O)cc5)cc43)ccc2C1=O. The minimum absolute atomic E-state index is 0.0469. The standard InChI is InChI=1S/C23H21N5O4/c1-26-9-8-16-12-17(6-7-18(16)22(26)30)27-10-11-28-20(27)13-19(25-28)24-21(29)14-2-4-15(5-3-14)23(31)32/h2-7,12-13H,8-11H2,1H3,(H,31,32)(H,24,25,29). The minimum Gasteiger partial charge on any atom is -0.478 e. The van der Waals surface area contributed by atoms with Crippen LogP contribution in [0.1, 0.15) is 36.6 Å². The second kappa shape index (κ2) is 7.52. The number of carbonyl (C=O) groups is 3. The molecule has 0 saturated heterocycles. The van der Waals surface area contributed by atoms with E-state index in [4.69, 9.17) is 5.11 Å². The first-order chi connectivity index (χ1) is 15.4. The van der Waals surface area contributed by atoms with Crippen LogP contribution in [0.4, 0.5) is 17.3 Å². The molecule has 2 aromatic carbocycles. The molecular weight excluding hydrogens is 410 g/mol. The number of amides is 2. The molecule has 32 heavy (non-hydrogen) atoms. The van der Waals surface area contributed by atoms with E-state index in [1.165, 1.54) is 24.3 Å². The highest BCUT2D eigenvalue weighted by atomic mass is 16.4. The van der Waals surface area contributed by atoms with E-state index >= 15 is 0 Å². The van der Waals surface area contributed by atoms with Crippen molar-refractivity contribution in [1.82, 2.24) is 14.7 Å². The topological polar surface area (TPSA) is 108 Å². The van der Waals surface area contributed by atoms with Gasteiger partial charge in [-0.2, -0.15) is 5.10 Å². The number of carboxylic acid groups (broad SMARTS) is 1. The molecule has 0 radical (unpaired) electrons. The van der Waals surface area contributed by atoms with Gasteiger partial charge in [0.2, 0.25) is 0 Å². The van der Waals surface area contributed by atoms with Crippen molar-refractivity contribution < 1.29 is 19.5 Å². The van der Waals surface area contributed by atoms with Crippen LogP contribution in [0.3, 0.4) is 0 Å². The second-order valence-electron chi connectivity index (χ2n) is 7.92. The summed E-state index contributed by atoms with van der Waals surface area (Å²) >= 11 is 0. The van der Waals surface area contributed by atoms with E-state index in [1.54, 1.807) is 4.90 Å². The van der Waals surface area contributed by atoms with Crippen LogP contribution in [0.2, 0.25) is 0 Å². The molecule has 9 nitrogen and oxygen atoms in total. The van der Waals surface area contributed by atoms with Gasteiger partial charge in [0, 0.05) is 43.0 Å². The maximum atomic E-state index is 12.5. The zero-order chi connectivity index (χ0) is 22.4. The van der Waals surface area contributed by atoms with Crippen molar-refractivity contribution in [2.45, 2.75) is 13.0 Å². The van der Waals surface area contributed by atoms with Crippen LogP contribution in [-0.2, 0) is 13.0 Å². The van der Waals surface area contributed by atoms with Gasteiger partial charge in [-0.15, -0.1) is 0 Å². The molecule has 0 spiro atoms. The maximum Gasteiger partial charge on any atom is 0.335 e. The average Bonchev–Trinajstić information content (AvgIpc) is 3.36. The number of rotatable bonds is 4. The Hall–Kier alpha value is -4.14. The van der Waals surface area contributed by atoms with E-state index in [0.29, 0.717) is 24.5 Å². The van der Waals surface area contributed by atoms with Crippen molar-refractivity contribution >= 4 is 35.1 Å². The first kappa shape index (κ1) is 19.8. The molecule has 2 amide bonds. The van der Waals surface area contributed by atoms with Gasteiger partial charge < -0.3 is 20.2 Å². The monoisotopic (exact) mass is 431 g/mol. The molecule has 3 aromatic rings. The average molecular weight is 431 g/mol. The van der Waals surface area contributed by atoms with Crippen molar-refractivity contribution in [3.8, 4) is 0 Å². The van der Waals surface area contributed by atoms with Gasteiger partial charge >= 0.3 is 5.97 Å². The Kier molecular flexibility index (Phi) is 4.66. The van der Waals surface area contributed by atoms with Crippen molar-refractivity contribution in [2.75, 3.05) is 30.4 Å². The highest BCUT2D eigenvalue weighted by Gasteiger charge is 2.26. The van der Waals surface area contributed by atoms with E-state index in [2.05, 4.69) is 21.4 Å². The van der Waals surface area contributed by atoms with Crippen molar-refractivity contribution in [3.05, 3.63) is 70.8 Å². The predicted octanol–water partition coefficient (Wildman–Crippen LogP) is 2.61. The summed E-state index contributed by atoms with van der Waals surface area (Å²) in [5, 5.41) is 16.2. The summed E-state index contributed by atoms with van der Waals surface area (Å²) in [6.07, 6.45) is 0.820. The zero-order valence-electron chi connectivity index (χ0n) is 17.4. The largest absolute Gasteiger partial charge is 0.478 e. The molecule has 2 N–H and O–H groups in total. The Morgan fingerprint density at radius 2 is 1.75 bits per heavy atom. The third-order valence-electron chi connectivity index (χ3n) is 5.90. The number of aromatic nitrogens is 2. The van der Waals surface area contributed by atoms with E-state index in [0.717, 1.165) is 35.6 Å². The molecule has 0 fully saturated rings. The molecule has 5 rings (SSSR count). The van der Waals surface area contributed by atoms with Gasteiger partial charge in [0.25, 0.3) is 11.8 Å². The van der Waals surface area contributed by atoms with Gasteiger partial charge in [0.15, 0.2) is 5.82 Å². The number of likely N-dealkylation sites (N-methyl/N-ethyl adjacent to an activating group) is 1. The zero-order valence-corrected chi connectivity index (χ0v) is 17.4. The maximum absolute atomic E-state index is 12.5. The first-order valence-electron chi connectivity index (χ1n) is 10.3. The predicted molar refractivity (Wildman–Crippen MR) is 118 cm³/mol. The van der Waals surface area contributed by atoms with Gasteiger partial charge in [-0.1, -0.05) is 0 Å². The quantitative estimate of drug-likeness (QED) is 0.658. The molecule has 1 aromatic heterocycles. The Morgan fingerprint density at radius 1 is 1.00 bits per heavy atom. The molecule has 0 unspecified atom stereocenters. The number of nitrogens with one attached hydrogen (secondary N) is 1. The molecule has 0 bridgehead atoms. The van der Waals surface area contributed by atoms with Crippen LogP contribution in [0.15, 0.2) is 48.5 Å². The van der Waals surface area contributed by atoms with Gasteiger partial charge in [-0.05, 0) is 54.4 Å². The number of carboxylic acids is 1. The Bertz CT molecular complexity index is 1250. The number of nitrogens with zero attached hydrogens (tertiary/aromatic N) is 4. The van der Waals surface area contributed by atoms with Gasteiger partial charge in [0.1, 0.15) is 5.82 Å². The second-order valence-corrected chi connectivity index (χ2v) is 7.92. The number of carbonyl (C=O) groups excluding carboxylic acids is 2. The van der Waals surface area contributed by atoms with E-state index < -0.39 is 5.97 Å². The molecule has 9 heteroatoms. The fourth-order valence-electron chi connectivity index (χ4n) is 4.13. The molecule has 2 aliphatic rings. The lowest BCUT2D eigenvalue weighted by atomic mass is 9.98. The van der Waals surface area contributed by atoms with Gasteiger partial charge in [-0.25, -0.2) is 9.48 Å². The first-order valence-corrected chi connectivity index (χ1v) is 10.3. The third kappa shape index (κ3) is 3.37. The van der Waals surface area contributed by atoms with Crippen LogP contribution < -0.4 is 10.2 Å². The van der Waals surface area contributed by atoms with Gasteiger partial charge in [0.05, 0.1) is 12.1 Å². The Balaban J connectivity index is 1.35. The van der Waals surface area contributed by atoms with Crippen molar-refractivity contribution in [1.29, 1.82) is 0 Å². The van der Waals surface area contributed by atoms with Crippen molar-refractivity contribution in [3.63, 3.8) is 0 Å². The number of anilines is 3. The normalized spacial score (nSPS) is 14.8. The summed E-state index contributed by atoms with van der Waals surface area (Å²) in [5.74, 6) is -0.0685. The number of aromatic carboxylic acids is 1. The van der Waals surface area contributed by atoms with Crippen LogP contribution >= 0.6 is 0 Å². The molecule has 0 aliphatic carbocycles. The summed E-state index contributed by atoms with van der Waals surface area (Å²) in [6, 6.07) is 13.4. The van der Waals surface area contributed by atoms with E-state index in [1.807, 2.05) is 29.9 Å². The number of fused-ring (bicyclic) bond motifs is 2. The molecule has 0 atom stereocenters. The van der Waals surface area contributed by atoms with E-state index in [-0.39, 0.29) is 17.4 Å². The fraction of sp³-hybridized carbons (Fsp3) is 0.217. The molecule has 0 saturated carbocycles. The smallest absolute Gasteiger partial charge is 0.335 e. The lowest BCUT2D eigenvalue weighted by Crippen LogP contribution is -2.34. The van der Waals surface area contributed by atoms with Gasteiger partial charge in [-0.3, -0.25) is 9.59 Å². The van der Waals surface area contributed by atoms with E-state index in [9.17, 15) is 14.4 Å². The van der Waals surface area contributed by atoms with Crippen LogP contribution in [0, 0.1) is 0 Å². The number of hydrogen-bond donors (Lipinski definition) is 2. The minimum atomic E-state index is -1.04. The number of hydrogen-bond acceptors (Lipinski definition) is 5. The molecule has 2 aliphatic heterocycles. The lowest BCUT2D eigenvalue weighted by molar-refractivity contribution is 0.0695. The van der Waals surface area contributed by atoms with Crippen molar-refractivity contribution in [2.24, 2.45) is 0 Å².